The highest BCUT2D eigenvalue weighted by atomic mass is 35.5. The molecule has 0 atom stereocenters. The van der Waals surface area contributed by atoms with Crippen LogP contribution >= 0.6 is 11.6 Å². The molecule has 0 aromatic carbocycles. The second-order valence-corrected chi connectivity index (χ2v) is 1.83. The average molecular weight is 150 g/mol. The molecule has 48 valence electrons. The maximum atomic E-state index is 12.1. The van der Waals surface area contributed by atoms with Gasteiger partial charge in [-0.2, -0.15) is 4.39 Å². The molecule has 4 heteroatoms. The molecule has 0 aliphatic heterocycles. The van der Waals surface area contributed by atoms with Gasteiger partial charge in [-0.1, -0.05) is 11.6 Å². The summed E-state index contributed by atoms with van der Waals surface area (Å²) in [5.74, 6) is -1.49. The number of pyridine rings is 1. The van der Waals surface area contributed by atoms with Gasteiger partial charge in [0, 0.05) is 6.07 Å². The van der Waals surface area contributed by atoms with Gasteiger partial charge < -0.3 is 0 Å². The fourth-order valence-corrected chi connectivity index (χ4v) is 0.530. The third-order valence-electron chi connectivity index (χ3n) is 0.775. The van der Waals surface area contributed by atoms with Crippen LogP contribution in [-0.2, 0) is 0 Å². The van der Waals surface area contributed by atoms with E-state index in [1.54, 1.807) is 0 Å². The molecule has 9 heavy (non-hydrogen) atoms. The van der Waals surface area contributed by atoms with Crippen LogP contribution < -0.4 is 0 Å². The highest BCUT2D eigenvalue weighted by molar-refractivity contribution is 6.30. The minimum absolute atomic E-state index is 0.248. The van der Waals surface area contributed by atoms with Gasteiger partial charge in [-0.3, -0.25) is 0 Å². The van der Waals surface area contributed by atoms with E-state index in [1.165, 1.54) is 0 Å². The zero-order valence-corrected chi connectivity index (χ0v) is 4.99. The number of aromatic nitrogens is 1. The Labute approximate surface area is 55.3 Å². The standard InChI is InChI=1S/C5H2ClF2N/c6-3-1-5(8)9-2-4(3)7/h1-2H. The lowest BCUT2D eigenvalue weighted by Crippen LogP contribution is -1.83. The number of halogens is 3. The molecule has 0 bridgehead atoms. The zero-order chi connectivity index (χ0) is 6.85. The zero-order valence-electron chi connectivity index (χ0n) is 4.24. The molecule has 0 radical (unpaired) electrons. The maximum absolute atomic E-state index is 12.1. The first-order valence-electron chi connectivity index (χ1n) is 2.16. The van der Waals surface area contributed by atoms with Gasteiger partial charge >= 0.3 is 0 Å². The third-order valence-corrected chi connectivity index (χ3v) is 1.06. The van der Waals surface area contributed by atoms with E-state index in [-0.39, 0.29) is 5.02 Å². The summed E-state index contributed by atoms with van der Waals surface area (Å²) in [5.41, 5.74) is 0. The summed E-state index contributed by atoms with van der Waals surface area (Å²) in [6.45, 7) is 0. The number of hydrogen-bond donors (Lipinski definition) is 0. The minimum atomic E-state index is -0.776. The van der Waals surface area contributed by atoms with E-state index < -0.39 is 11.8 Å². The van der Waals surface area contributed by atoms with Crippen molar-refractivity contribution >= 4 is 11.6 Å². The van der Waals surface area contributed by atoms with E-state index in [0.717, 1.165) is 12.3 Å². The van der Waals surface area contributed by atoms with Crippen LogP contribution in [0, 0.1) is 11.8 Å². The van der Waals surface area contributed by atoms with Crippen molar-refractivity contribution < 1.29 is 8.78 Å². The van der Waals surface area contributed by atoms with Gasteiger partial charge in [0.15, 0.2) is 5.82 Å². The molecule has 0 unspecified atom stereocenters. The van der Waals surface area contributed by atoms with Crippen LogP contribution in [0.4, 0.5) is 8.78 Å². The van der Waals surface area contributed by atoms with Crippen LogP contribution in [0.3, 0.4) is 0 Å². The van der Waals surface area contributed by atoms with Gasteiger partial charge in [-0.15, -0.1) is 0 Å². The molecule has 1 heterocycles. The van der Waals surface area contributed by atoms with E-state index in [0.29, 0.717) is 0 Å². The van der Waals surface area contributed by atoms with E-state index >= 15 is 0 Å². The van der Waals surface area contributed by atoms with Crippen molar-refractivity contribution in [3.63, 3.8) is 0 Å². The van der Waals surface area contributed by atoms with Crippen molar-refractivity contribution in [3.8, 4) is 0 Å². The molecule has 0 fully saturated rings. The van der Waals surface area contributed by atoms with Crippen molar-refractivity contribution in [1.82, 2.24) is 4.98 Å². The Hall–Kier alpha value is -0.700. The Bertz CT molecular complexity index is 226. The average Bonchev–Trinajstić information content (AvgIpc) is 1.80. The lowest BCUT2D eigenvalue weighted by Gasteiger charge is -1.89. The Morgan fingerprint density at radius 3 is 2.56 bits per heavy atom. The van der Waals surface area contributed by atoms with Crippen molar-refractivity contribution in [1.29, 1.82) is 0 Å². The first kappa shape index (κ1) is 6.42. The van der Waals surface area contributed by atoms with Crippen molar-refractivity contribution in [2.75, 3.05) is 0 Å². The van der Waals surface area contributed by atoms with E-state index in [2.05, 4.69) is 4.98 Å². The topological polar surface area (TPSA) is 12.9 Å². The largest absolute Gasteiger partial charge is 0.225 e. The quantitative estimate of drug-likeness (QED) is 0.515. The molecule has 0 saturated carbocycles. The first-order chi connectivity index (χ1) is 4.20. The van der Waals surface area contributed by atoms with E-state index in [1.807, 2.05) is 0 Å². The predicted molar refractivity (Wildman–Crippen MR) is 29.2 cm³/mol. The molecule has 0 N–H and O–H groups in total. The smallest absolute Gasteiger partial charge is 0.214 e. The van der Waals surface area contributed by atoms with Crippen LogP contribution in [0.1, 0.15) is 0 Å². The summed E-state index contributed by atoms with van der Waals surface area (Å²) in [6.07, 6.45) is 0.734. The molecule has 0 amide bonds. The molecule has 0 aliphatic carbocycles. The monoisotopic (exact) mass is 149 g/mol. The van der Waals surface area contributed by atoms with Gasteiger partial charge in [0.05, 0.1) is 11.2 Å². The Balaban J connectivity index is 3.17. The molecule has 0 spiro atoms. The Kier molecular flexibility index (Phi) is 1.62. The van der Waals surface area contributed by atoms with Gasteiger partial charge in [0.25, 0.3) is 0 Å². The summed E-state index contributed by atoms with van der Waals surface area (Å²) in [4.78, 5) is 3.01. The van der Waals surface area contributed by atoms with Crippen molar-refractivity contribution in [2.24, 2.45) is 0 Å². The summed E-state index contributed by atoms with van der Waals surface area (Å²) in [7, 11) is 0. The minimum Gasteiger partial charge on any atom is -0.225 e. The number of rotatable bonds is 0. The number of hydrogen-bond acceptors (Lipinski definition) is 1. The van der Waals surface area contributed by atoms with Gasteiger partial charge in [-0.05, 0) is 0 Å². The predicted octanol–water partition coefficient (Wildman–Crippen LogP) is 2.01. The fraction of sp³-hybridized carbons (Fsp3) is 0. The van der Waals surface area contributed by atoms with Crippen LogP contribution in [0.2, 0.25) is 5.02 Å². The van der Waals surface area contributed by atoms with Crippen LogP contribution in [-0.4, -0.2) is 4.98 Å². The first-order valence-corrected chi connectivity index (χ1v) is 2.54. The number of nitrogens with zero attached hydrogens (tertiary/aromatic N) is 1. The summed E-state index contributed by atoms with van der Waals surface area (Å²) in [5, 5.41) is -0.248. The summed E-state index contributed by atoms with van der Waals surface area (Å²) >= 11 is 5.16. The highest BCUT2D eigenvalue weighted by Crippen LogP contribution is 2.12. The molecule has 0 saturated heterocycles. The summed E-state index contributed by atoms with van der Waals surface area (Å²) < 4.78 is 24.1. The molecule has 1 rings (SSSR count). The SMILES string of the molecule is Fc1cc(Cl)c(F)cn1. The van der Waals surface area contributed by atoms with Crippen LogP contribution in [0.25, 0.3) is 0 Å². The van der Waals surface area contributed by atoms with E-state index in [4.69, 9.17) is 11.6 Å². The van der Waals surface area contributed by atoms with Crippen molar-refractivity contribution in [2.45, 2.75) is 0 Å². The highest BCUT2D eigenvalue weighted by Gasteiger charge is 1.99. The molecule has 1 aromatic heterocycles. The molecule has 1 nitrogen and oxygen atoms in total. The lowest BCUT2D eigenvalue weighted by atomic mass is 10.5. The second-order valence-electron chi connectivity index (χ2n) is 1.42. The van der Waals surface area contributed by atoms with Crippen LogP contribution in [0.15, 0.2) is 12.3 Å². The lowest BCUT2D eigenvalue weighted by molar-refractivity contribution is 0.560. The normalized spacial score (nSPS) is 9.67. The molecule has 0 aliphatic rings. The fourth-order valence-electron chi connectivity index (χ4n) is 0.391. The van der Waals surface area contributed by atoms with Gasteiger partial charge in [0.1, 0.15) is 0 Å². The summed E-state index contributed by atoms with van der Waals surface area (Å²) in [6, 6.07) is 0.816. The maximum Gasteiger partial charge on any atom is 0.214 e. The second kappa shape index (κ2) is 2.27. The van der Waals surface area contributed by atoms with Gasteiger partial charge in [0.2, 0.25) is 5.95 Å². The van der Waals surface area contributed by atoms with Gasteiger partial charge in [-0.25, -0.2) is 9.37 Å². The molecule has 1 aromatic rings. The van der Waals surface area contributed by atoms with Crippen LogP contribution in [0.5, 0.6) is 0 Å². The molecular formula is C5H2ClF2N. The van der Waals surface area contributed by atoms with E-state index in [9.17, 15) is 8.78 Å². The Morgan fingerprint density at radius 1 is 1.44 bits per heavy atom. The molecular weight excluding hydrogens is 148 g/mol. The third kappa shape index (κ3) is 1.36. The Morgan fingerprint density at radius 2 is 2.11 bits per heavy atom. The van der Waals surface area contributed by atoms with Crippen molar-refractivity contribution in [3.05, 3.63) is 29.1 Å².